The van der Waals surface area contributed by atoms with Gasteiger partial charge >= 0.3 is 5.69 Å². The third kappa shape index (κ3) is 4.07. The van der Waals surface area contributed by atoms with Crippen molar-refractivity contribution in [1.29, 1.82) is 0 Å². The van der Waals surface area contributed by atoms with Gasteiger partial charge in [0.1, 0.15) is 5.75 Å². The first-order valence-corrected chi connectivity index (χ1v) is 9.93. The lowest BCUT2D eigenvalue weighted by Crippen LogP contribution is -2.40. The molecule has 4 rings (SSSR count). The third-order valence-electron chi connectivity index (χ3n) is 5.38. The fourth-order valence-electron chi connectivity index (χ4n) is 3.72. The molecule has 2 heterocycles. The molecule has 3 aromatic rings. The highest BCUT2D eigenvalue weighted by molar-refractivity contribution is 6.30. The van der Waals surface area contributed by atoms with E-state index in [0.29, 0.717) is 23.7 Å². The normalized spacial score (nSPS) is 14.8. The summed E-state index contributed by atoms with van der Waals surface area (Å²) in [6.07, 6.45) is 3.34. The maximum atomic E-state index is 12.7. The van der Waals surface area contributed by atoms with E-state index < -0.39 is 0 Å². The number of halogens is 1. The van der Waals surface area contributed by atoms with Gasteiger partial charge in [0.25, 0.3) is 5.91 Å². The first-order valence-electron chi connectivity index (χ1n) is 9.55. The van der Waals surface area contributed by atoms with Crippen molar-refractivity contribution in [1.82, 2.24) is 14.5 Å². The molecule has 1 fully saturated rings. The van der Waals surface area contributed by atoms with Gasteiger partial charge in [-0.1, -0.05) is 11.6 Å². The fourth-order valence-corrected chi connectivity index (χ4v) is 3.85. The lowest BCUT2D eigenvalue weighted by atomic mass is 10.0. The predicted octanol–water partition coefficient (Wildman–Crippen LogP) is 3.98. The highest BCUT2D eigenvalue weighted by atomic mass is 35.5. The van der Waals surface area contributed by atoms with Crippen molar-refractivity contribution in [2.45, 2.75) is 18.9 Å². The summed E-state index contributed by atoms with van der Waals surface area (Å²) < 4.78 is 6.93. The molecule has 1 aliphatic rings. The van der Waals surface area contributed by atoms with E-state index in [1.54, 1.807) is 35.9 Å². The molecule has 0 bridgehead atoms. The van der Waals surface area contributed by atoms with Crippen LogP contribution in [0.5, 0.6) is 5.75 Å². The largest absolute Gasteiger partial charge is 0.497 e. The van der Waals surface area contributed by atoms with Gasteiger partial charge in [-0.15, -0.1) is 0 Å². The molecule has 1 N–H and O–H groups in total. The number of benzene rings is 2. The molecule has 6 nitrogen and oxygen atoms in total. The Morgan fingerprint density at radius 1 is 1.07 bits per heavy atom. The Morgan fingerprint density at radius 3 is 2.34 bits per heavy atom. The molecule has 0 aliphatic carbocycles. The second-order valence-electron chi connectivity index (χ2n) is 7.14. The zero-order valence-corrected chi connectivity index (χ0v) is 16.9. The lowest BCUT2D eigenvalue weighted by molar-refractivity contribution is 0.0693. The van der Waals surface area contributed by atoms with Gasteiger partial charge in [-0.05, 0) is 66.9 Å². The number of aromatic nitrogens is 2. The van der Waals surface area contributed by atoms with Gasteiger partial charge < -0.3 is 14.6 Å². The second-order valence-corrected chi connectivity index (χ2v) is 7.58. The Morgan fingerprint density at radius 2 is 1.72 bits per heavy atom. The highest BCUT2D eigenvalue weighted by Gasteiger charge is 2.25. The number of amides is 1. The highest BCUT2D eigenvalue weighted by Crippen LogP contribution is 2.25. The zero-order valence-electron chi connectivity index (χ0n) is 16.1. The number of methoxy groups -OCH3 is 1. The average Bonchev–Trinajstić information content (AvgIpc) is 3.15. The average molecular weight is 412 g/mol. The van der Waals surface area contributed by atoms with Gasteiger partial charge in [0.05, 0.1) is 12.8 Å². The number of carbonyl (C=O) groups is 1. The number of nitrogens with one attached hydrogen (secondary N) is 1. The number of aromatic amines is 1. The Balaban J connectivity index is 1.44. The van der Waals surface area contributed by atoms with E-state index in [9.17, 15) is 9.59 Å². The number of piperidine rings is 1. The van der Waals surface area contributed by atoms with E-state index in [2.05, 4.69) is 4.98 Å². The van der Waals surface area contributed by atoms with Crippen molar-refractivity contribution < 1.29 is 9.53 Å². The number of hydrogen-bond donors (Lipinski definition) is 1. The van der Waals surface area contributed by atoms with Crippen LogP contribution in [0, 0.1) is 0 Å². The second kappa shape index (κ2) is 8.17. The van der Waals surface area contributed by atoms with Gasteiger partial charge in [-0.3, -0.25) is 9.36 Å². The van der Waals surface area contributed by atoms with Crippen LogP contribution < -0.4 is 10.4 Å². The van der Waals surface area contributed by atoms with E-state index in [1.807, 2.05) is 35.4 Å². The summed E-state index contributed by atoms with van der Waals surface area (Å²) in [5.41, 5.74) is 2.21. The molecule has 29 heavy (non-hydrogen) atoms. The molecule has 0 radical (unpaired) electrons. The minimum Gasteiger partial charge on any atom is -0.497 e. The first kappa shape index (κ1) is 19.3. The van der Waals surface area contributed by atoms with E-state index in [4.69, 9.17) is 16.3 Å². The molecule has 1 saturated heterocycles. The van der Waals surface area contributed by atoms with E-state index >= 15 is 0 Å². The van der Waals surface area contributed by atoms with Crippen molar-refractivity contribution in [2.75, 3.05) is 20.2 Å². The lowest BCUT2D eigenvalue weighted by Gasteiger charge is -2.32. The van der Waals surface area contributed by atoms with Crippen LogP contribution in [-0.4, -0.2) is 40.6 Å². The maximum Gasteiger partial charge on any atom is 0.326 e. The number of rotatable bonds is 4. The third-order valence-corrected chi connectivity index (χ3v) is 5.63. The summed E-state index contributed by atoms with van der Waals surface area (Å²) in [4.78, 5) is 29.9. The SMILES string of the molecule is COc1ccc(-c2cn(C3CCN(C(=O)c4ccc(Cl)cc4)CC3)c(=O)[nH]2)cc1. The van der Waals surface area contributed by atoms with Crippen LogP contribution >= 0.6 is 11.6 Å². The standard InChI is InChI=1S/C22H22ClN3O3/c1-29-19-8-4-15(5-9-19)20-14-26(22(28)24-20)18-10-12-25(13-11-18)21(27)16-2-6-17(23)7-3-16/h2-9,14,18H,10-13H2,1H3,(H,24,28). The number of H-pyrrole nitrogens is 1. The van der Waals surface area contributed by atoms with Crippen LogP contribution in [0.15, 0.2) is 59.5 Å². The molecule has 1 amide bonds. The number of hydrogen-bond acceptors (Lipinski definition) is 3. The Bertz CT molecular complexity index is 1050. The van der Waals surface area contributed by atoms with Gasteiger partial charge in [0.2, 0.25) is 0 Å². The summed E-state index contributed by atoms with van der Waals surface area (Å²) in [6, 6.07) is 14.6. The van der Waals surface area contributed by atoms with Crippen molar-refractivity contribution >= 4 is 17.5 Å². The molecule has 7 heteroatoms. The van der Waals surface area contributed by atoms with Crippen LogP contribution in [0.3, 0.4) is 0 Å². The van der Waals surface area contributed by atoms with Crippen LogP contribution in [0.1, 0.15) is 29.2 Å². The summed E-state index contributed by atoms with van der Waals surface area (Å²) >= 11 is 5.90. The minimum atomic E-state index is -0.127. The number of carbonyl (C=O) groups excluding carboxylic acids is 1. The smallest absolute Gasteiger partial charge is 0.326 e. The van der Waals surface area contributed by atoms with Crippen LogP contribution in [0.2, 0.25) is 5.02 Å². The Labute approximate surface area is 173 Å². The molecule has 150 valence electrons. The monoisotopic (exact) mass is 411 g/mol. The van der Waals surface area contributed by atoms with Crippen molar-refractivity contribution in [2.24, 2.45) is 0 Å². The molecule has 0 atom stereocenters. The Hall–Kier alpha value is -2.99. The van der Waals surface area contributed by atoms with Crippen molar-refractivity contribution in [3.05, 3.63) is 75.8 Å². The van der Waals surface area contributed by atoms with Gasteiger partial charge in [0.15, 0.2) is 0 Å². The zero-order chi connectivity index (χ0) is 20.4. The van der Waals surface area contributed by atoms with E-state index in [-0.39, 0.29) is 17.6 Å². The van der Waals surface area contributed by atoms with Crippen LogP contribution in [-0.2, 0) is 0 Å². The van der Waals surface area contributed by atoms with Gasteiger partial charge in [-0.2, -0.15) is 0 Å². The van der Waals surface area contributed by atoms with Gasteiger partial charge in [-0.25, -0.2) is 4.79 Å². The van der Waals surface area contributed by atoms with E-state index in [0.717, 1.165) is 29.8 Å². The minimum absolute atomic E-state index is 0.000420. The summed E-state index contributed by atoms with van der Waals surface area (Å²) in [7, 11) is 1.62. The Kier molecular flexibility index (Phi) is 5.45. The molecule has 0 unspecified atom stereocenters. The molecule has 0 spiro atoms. The molecule has 1 aliphatic heterocycles. The van der Waals surface area contributed by atoms with Crippen molar-refractivity contribution in [3.63, 3.8) is 0 Å². The molecule has 1 aromatic heterocycles. The summed E-state index contributed by atoms with van der Waals surface area (Å²) in [6.45, 7) is 1.23. The maximum absolute atomic E-state index is 12.7. The quantitative estimate of drug-likeness (QED) is 0.706. The molecular formula is C22H22ClN3O3. The topological polar surface area (TPSA) is 67.3 Å². The van der Waals surface area contributed by atoms with Crippen LogP contribution in [0.25, 0.3) is 11.3 Å². The van der Waals surface area contributed by atoms with Gasteiger partial charge in [0, 0.05) is 35.9 Å². The molecular weight excluding hydrogens is 390 g/mol. The number of imidazole rings is 1. The predicted molar refractivity (Wildman–Crippen MR) is 113 cm³/mol. The fraction of sp³-hybridized carbons (Fsp3) is 0.273. The van der Waals surface area contributed by atoms with Crippen LogP contribution in [0.4, 0.5) is 0 Å². The van der Waals surface area contributed by atoms with Crippen molar-refractivity contribution in [3.8, 4) is 17.0 Å². The van der Waals surface area contributed by atoms with E-state index in [1.165, 1.54) is 0 Å². The number of likely N-dealkylation sites (tertiary alicyclic amines) is 1. The first-order chi connectivity index (χ1) is 14.0. The molecule has 2 aromatic carbocycles. The summed E-state index contributed by atoms with van der Waals surface area (Å²) in [5, 5.41) is 0.611. The molecule has 0 saturated carbocycles. The number of nitrogens with zero attached hydrogens (tertiary/aromatic N) is 2. The summed E-state index contributed by atoms with van der Waals surface area (Å²) in [5.74, 6) is 0.772. The number of ether oxygens (including phenoxy) is 1.